The van der Waals surface area contributed by atoms with Gasteiger partial charge in [0.2, 0.25) is 0 Å². The lowest BCUT2D eigenvalue weighted by Crippen LogP contribution is -2.26. The molecule has 112 valence electrons. The molecular weight excluding hydrogens is 348 g/mol. The van der Waals surface area contributed by atoms with E-state index in [1.54, 1.807) is 13.8 Å². The molecule has 1 rings (SSSR count). The number of rotatable bonds is 6. The van der Waals surface area contributed by atoms with Crippen LogP contribution >= 0.6 is 15.9 Å². The van der Waals surface area contributed by atoms with Crippen molar-refractivity contribution in [2.45, 2.75) is 30.8 Å². The van der Waals surface area contributed by atoms with E-state index in [1.807, 2.05) is 0 Å². The maximum Gasteiger partial charge on any atom is 0.336 e. The van der Waals surface area contributed by atoms with E-state index in [0.717, 1.165) is 0 Å². The molecule has 0 bridgehead atoms. The second kappa shape index (κ2) is 6.24. The number of carboxylic acid groups (broad SMARTS) is 1. The molecule has 0 saturated heterocycles. The number of hydrogen-bond acceptors (Lipinski definition) is 4. The van der Waals surface area contributed by atoms with Gasteiger partial charge in [0.05, 0.1) is 21.8 Å². The second-order valence-corrected chi connectivity index (χ2v) is 7.94. The van der Waals surface area contributed by atoms with E-state index < -0.39 is 21.4 Å². The van der Waals surface area contributed by atoms with Gasteiger partial charge in [-0.2, -0.15) is 0 Å². The number of carbonyl (C=O) groups is 1. The number of hydrogen-bond donors (Lipinski definition) is 1. The normalized spacial score (nSPS) is 12.4. The van der Waals surface area contributed by atoms with Crippen LogP contribution in [0.4, 0.5) is 0 Å². The van der Waals surface area contributed by atoms with Gasteiger partial charge in [-0.05, 0) is 54.4 Å². The summed E-state index contributed by atoms with van der Waals surface area (Å²) >= 11 is 3.08. The average Bonchev–Trinajstić information content (AvgIpc) is 2.36. The van der Waals surface area contributed by atoms with Crippen molar-refractivity contribution in [2.75, 3.05) is 12.9 Å². The van der Waals surface area contributed by atoms with Crippen LogP contribution in [-0.4, -0.2) is 38.0 Å². The molecule has 0 aliphatic rings. The molecule has 0 heterocycles. The smallest absolute Gasteiger partial charge is 0.336 e. The van der Waals surface area contributed by atoms with Crippen LogP contribution in [0.25, 0.3) is 0 Å². The summed E-state index contributed by atoms with van der Waals surface area (Å²) in [5.74, 6) is -1.28. The largest absolute Gasteiger partial charge is 0.478 e. The first-order valence-corrected chi connectivity index (χ1v) is 8.34. The molecule has 0 amide bonds. The highest BCUT2D eigenvalue weighted by Crippen LogP contribution is 2.23. The lowest BCUT2D eigenvalue weighted by atomic mass is 10.1. The van der Waals surface area contributed by atoms with Crippen LogP contribution in [0.3, 0.4) is 0 Å². The Labute approximate surface area is 127 Å². The van der Waals surface area contributed by atoms with Crippen molar-refractivity contribution in [1.82, 2.24) is 0 Å². The maximum atomic E-state index is 12.2. The third kappa shape index (κ3) is 4.29. The number of halogens is 1. The molecule has 0 fully saturated rings. The monoisotopic (exact) mass is 364 g/mol. The molecule has 1 aromatic rings. The number of aromatic carboxylic acids is 1. The van der Waals surface area contributed by atoms with Gasteiger partial charge < -0.3 is 9.84 Å². The number of methoxy groups -OCH3 is 1. The SMILES string of the molecule is COC(C)(C)CCS(=O)(=O)c1ccc(Br)c(C(=O)O)c1. The van der Waals surface area contributed by atoms with E-state index >= 15 is 0 Å². The zero-order valence-corrected chi connectivity index (χ0v) is 13.9. The number of sulfone groups is 1. The van der Waals surface area contributed by atoms with E-state index in [0.29, 0.717) is 10.9 Å². The van der Waals surface area contributed by atoms with E-state index in [9.17, 15) is 13.2 Å². The summed E-state index contributed by atoms with van der Waals surface area (Å²) in [5.41, 5.74) is -0.616. The molecule has 0 radical (unpaired) electrons. The van der Waals surface area contributed by atoms with Crippen LogP contribution in [0.5, 0.6) is 0 Å². The summed E-state index contributed by atoms with van der Waals surface area (Å²) < 4.78 is 30.0. The van der Waals surface area contributed by atoms with Gasteiger partial charge in [-0.1, -0.05) is 0 Å². The molecule has 0 saturated carbocycles. The molecule has 7 heteroatoms. The Morgan fingerprint density at radius 3 is 2.50 bits per heavy atom. The summed E-state index contributed by atoms with van der Waals surface area (Å²) in [6, 6.07) is 3.99. The van der Waals surface area contributed by atoms with Crippen LogP contribution in [0, 0.1) is 0 Å². The molecule has 1 aromatic carbocycles. The van der Waals surface area contributed by atoms with Crippen LogP contribution in [0.15, 0.2) is 27.6 Å². The van der Waals surface area contributed by atoms with Crippen molar-refractivity contribution in [3.05, 3.63) is 28.2 Å². The molecule has 0 aromatic heterocycles. The van der Waals surface area contributed by atoms with Gasteiger partial charge in [0.1, 0.15) is 0 Å². The summed E-state index contributed by atoms with van der Waals surface area (Å²) in [6.45, 7) is 3.60. The van der Waals surface area contributed by atoms with Gasteiger partial charge in [0, 0.05) is 11.6 Å². The average molecular weight is 365 g/mol. The van der Waals surface area contributed by atoms with E-state index in [2.05, 4.69) is 15.9 Å². The number of benzene rings is 1. The Morgan fingerprint density at radius 1 is 1.40 bits per heavy atom. The Kier molecular flexibility index (Phi) is 5.34. The minimum atomic E-state index is -3.54. The van der Waals surface area contributed by atoms with E-state index in [1.165, 1.54) is 25.3 Å². The fourth-order valence-electron chi connectivity index (χ4n) is 1.46. The lowest BCUT2D eigenvalue weighted by molar-refractivity contribution is 0.0203. The zero-order valence-electron chi connectivity index (χ0n) is 11.5. The van der Waals surface area contributed by atoms with Gasteiger partial charge in [-0.3, -0.25) is 0 Å². The Morgan fingerprint density at radius 2 is 2.00 bits per heavy atom. The van der Waals surface area contributed by atoms with Crippen molar-refractivity contribution >= 4 is 31.7 Å². The minimum absolute atomic E-state index is 0.00463. The quantitative estimate of drug-likeness (QED) is 0.839. The minimum Gasteiger partial charge on any atom is -0.478 e. The Hall–Kier alpha value is -0.920. The zero-order chi connectivity index (χ0) is 15.6. The highest BCUT2D eigenvalue weighted by Gasteiger charge is 2.23. The topological polar surface area (TPSA) is 80.7 Å². The fourth-order valence-corrected chi connectivity index (χ4v) is 3.45. The molecular formula is C13H17BrO5S. The molecule has 0 atom stereocenters. The van der Waals surface area contributed by atoms with Crippen LogP contribution in [-0.2, 0) is 14.6 Å². The molecule has 1 N–H and O–H groups in total. The Bertz CT molecular complexity index is 607. The van der Waals surface area contributed by atoms with Crippen LogP contribution in [0.2, 0.25) is 0 Å². The number of ether oxygens (including phenoxy) is 1. The van der Waals surface area contributed by atoms with Crippen molar-refractivity contribution in [3.63, 3.8) is 0 Å². The van der Waals surface area contributed by atoms with Crippen LogP contribution in [0.1, 0.15) is 30.6 Å². The summed E-state index contributed by atoms with van der Waals surface area (Å²) in [6.07, 6.45) is 0.324. The molecule has 0 unspecified atom stereocenters. The molecule has 0 aliphatic carbocycles. The van der Waals surface area contributed by atoms with Crippen molar-refractivity contribution in [3.8, 4) is 0 Å². The van der Waals surface area contributed by atoms with Gasteiger partial charge >= 0.3 is 5.97 Å². The molecule has 5 nitrogen and oxygen atoms in total. The van der Waals surface area contributed by atoms with Gasteiger partial charge in [0.25, 0.3) is 0 Å². The molecule has 0 aliphatic heterocycles. The first kappa shape index (κ1) is 17.1. The maximum absolute atomic E-state index is 12.2. The third-order valence-electron chi connectivity index (χ3n) is 3.05. The van der Waals surface area contributed by atoms with Gasteiger partial charge in [0.15, 0.2) is 9.84 Å². The first-order valence-electron chi connectivity index (χ1n) is 5.90. The standard InChI is InChI=1S/C13H17BrO5S/c1-13(2,19-3)6-7-20(17,18)9-4-5-11(14)10(8-9)12(15)16/h4-5,8H,6-7H2,1-3H3,(H,15,16). The summed E-state index contributed by atoms with van der Waals surface area (Å²) in [4.78, 5) is 11.0. The second-order valence-electron chi connectivity index (χ2n) is 4.98. The summed E-state index contributed by atoms with van der Waals surface area (Å²) in [5, 5.41) is 9.01. The molecule has 0 spiro atoms. The predicted molar refractivity (Wildman–Crippen MR) is 78.9 cm³/mol. The van der Waals surface area contributed by atoms with Gasteiger partial charge in [-0.15, -0.1) is 0 Å². The van der Waals surface area contributed by atoms with Crippen molar-refractivity contribution < 1.29 is 23.1 Å². The first-order chi connectivity index (χ1) is 9.09. The highest BCUT2D eigenvalue weighted by atomic mass is 79.9. The predicted octanol–water partition coefficient (Wildman–Crippen LogP) is 2.74. The van der Waals surface area contributed by atoms with E-state index in [4.69, 9.17) is 9.84 Å². The van der Waals surface area contributed by atoms with E-state index in [-0.39, 0.29) is 16.2 Å². The lowest BCUT2D eigenvalue weighted by Gasteiger charge is -2.22. The third-order valence-corrected chi connectivity index (χ3v) is 5.46. The van der Waals surface area contributed by atoms with Gasteiger partial charge in [-0.25, -0.2) is 13.2 Å². The van der Waals surface area contributed by atoms with Crippen molar-refractivity contribution in [1.29, 1.82) is 0 Å². The number of carboxylic acids is 1. The van der Waals surface area contributed by atoms with Crippen molar-refractivity contribution in [2.24, 2.45) is 0 Å². The Balaban J connectivity index is 3.05. The highest BCUT2D eigenvalue weighted by molar-refractivity contribution is 9.10. The summed E-state index contributed by atoms with van der Waals surface area (Å²) in [7, 11) is -2.02. The van der Waals surface area contributed by atoms with Crippen LogP contribution < -0.4 is 0 Å². The molecule has 20 heavy (non-hydrogen) atoms. The fraction of sp³-hybridized carbons (Fsp3) is 0.462.